The lowest BCUT2D eigenvalue weighted by Crippen LogP contribution is -2.60. The largest absolute Gasteiger partial charge is 0.496 e. The van der Waals surface area contributed by atoms with Crippen LogP contribution in [0, 0.1) is 0 Å². The number of ether oxygens (including phenoxy) is 4. The molecule has 2 saturated heterocycles. The summed E-state index contributed by atoms with van der Waals surface area (Å²) in [6.45, 7) is 2.15. The Morgan fingerprint density at radius 1 is 0.938 bits per heavy atom. The van der Waals surface area contributed by atoms with Crippen molar-refractivity contribution in [2.75, 3.05) is 53.1 Å². The molecule has 2 aliphatic heterocycles. The first-order chi connectivity index (χ1) is 15.6. The third-order valence-corrected chi connectivity index (χ3v) is 5.61. The molecule has 0 saturated carbocycles. The Morgan fingerprint density at radius 3 is 2.47 bits per heavy atom. The summed E-state index contributed by atoms with van der Waals surface area (Å²) >= 11 is 0. The molecule has 2 aliphatic rings. The van der Waals surface area contributed by atoms with Crippen LogP contribution in [0.2, 0.25) is 0 Å². The summed E-state index contributed by atoms with van der Waals surface area (Å²) in [4.78, 5) is 29.5. The Labute approximate surface area is 187 Å². The second-order valence-electron chi connectivity index (χ2n) is 7.81. The lowest BCUT2D eigenvalue weighted by Gasteiger charge is -2.43. The van der Waals surface area contributed by atoms with Crippen LogP contribution in [0.5, 0.6) is 11.5 Å². The standard InChI is InChI=1S/C24H28N2O6/c1-29-21-11-6-5-10-20(21)23(28)26-13-15-32-24(18-26)17-25(12-7-14-31-24)22(27)16-30-19-8-3-2-4-9-19/h2-6,8-11H,7,12-18H2,1H3. The fourth-order valence-corrected chi connectivity index (χ4v) is 4.00. The van der Waals surface area contributed by atoms with E-state index in [1.165, 1.54) is 0 Å². The highest BCUT2D eigenvalue weighted by Gasteiger charge is 2.43. The number of carbonyl (C=O) groups excluding carboxylic acids is 2. The van der Waals surface area contributed by atoms with Crippen molar-refractivity contribution in [1.29, 1.82) is 0 Å². The molecule has 0 N–H and O–H groups in total. The quantitative estimate of drug-likeness (QED) is 0.710. The van der Waals surface area contributed by atoms with Crippen molar-refractivity contribution in [2.24, 2.45) is 0 Å². The van der Waals surface area contributed by atoms with Crippen LogP contribution in [0.4, 0.5) is 0 Å². The number of benzene rings is 2. The molecule has 170 valence electrons. The van der Waals surface area contributed by atoms with Crippen molar-refractivity contribution in [3.8, 4) is 11.5 Å². The third-order valence-electron chi connectivity index (χ3n) is 5.61. The van der Waals surface area contributed by atoms with Crippen LogP contribution in [-0.4, -0.2) is 80.5 Å². The predicted molar refractivity (Wildman–Crippen MR) is 117 cm³/mol. The van der Waals surface area contributed by atoms with Crippen molar-refractivity contribution in [3.63, 3.8) is 0 Å². The van der Waals surface area contributed by atoms with Gasteiger partial charge < -0.3 is 28.7 Å². The maximum atomic E-state index is 13.2. The summed E-state index contributed by atoms with van der Waals surface area (Å²) in [5.41, 5.74) is 0.491. The molecule has 0 aliphatic carbocycles. The number of hydrogen-bond donors (Lipinski definition) is 0. The number of nitrogens with zero attached hydrogens (tertiary/aromatic N) is 2. The van der Waals surface area contributed by atoms with Crippen LogP contribution < -0.4 is 9.47 Å². The van der Waals surface area contributed by atoms with Crippen LogP contribution >= 0.6 is 0 Å². The van der Waals surface area contributed by atoms with E-state index in [-0.39, 0.29) is 31.5 Å². The average molecular weight is 440 g/mol. The van der Waals surface area contributed by atoms with Gasteiger partial charge in [-0.1, -0.05) is 30.3 Å². The number of para-hydroxylation sites is 2. The van der Waals surface area contributed by atoms with E-state index in [1.54, 1.807) is 35.1 Å². The first-order valence-electron chi connectivity index (χ1n) is 10.8. The van der Waals surface area contributed by atoms with Gasteiger partial charge in [0.2, 0.25) is 5.79 Å². The summed E-state index contributed by atoms with van der Waals surface area (Å²) < 4.78 is 23.1. The smallest absolute Gasteiger partial charge is 0.260 e. The van der Waals surface area contributed by atoms with Crippen molar-refractivity contribution >= 4 is 11.8 Å². The molecule has 0 aromatic heterocycles. The molecule has 32 heavy (non-hydrogen) atoms. The summed E-state index contributed by atoms with van der Waals surface area (Å²) in [6.07, 6.45) is 0.683. The molecule has 2 heterocycles. The normalized spacial score (nSPS) is 21.2. The van der Waals surface area contributed by atoms with E-state index >= 15 is 0 Å². The van der Waals surface area contributed by atoms with Crippen LogP contribution in [0.3, 0.4) is 0 Å². The molecule has 4 rings (SSSR count). The van der Waals surface area contributed by atoms with Gasteiger partial charge in [-0.05, 0) is 30.7 Å². The Hall–Kier alpha value is -3.10. The van der Waals surface area contributed by atoms with Gasteiger partial charge in [0.15, 0.2) is 6.61 Å². The summed E-state index contributed by atoms with van der Waals surface area (Å²) in [7, 11) is 1.54. The minimum Gasteiger partial charge on any atom is -0.496 e. The van der Waals surface area contributed by atoms with Gasteiger partial charge in [-0.3, -0.25) is 9.59 Å². The van der Waals surface area contributed by atoms with E-state index in [0.717, 1.165) is 0 Å². The van der Waals surface area contributed by atoms with Gasteiger partial charge in [0, 0.05) is 13.1 Å². The molecule has 2 fully saturated rings. The lowest BCUT2D eigenvalue weighted by atomic mass is 10.1. The number of morpholine rings is 1. The van der Waals surface area contributed by atoms with E-state index in [1.807, 2.05) is 36.4 Å². The van der Waals surface area contributed by atoms with Gasteiger partial charge in [-0.25, -0.2) is 0 Å². The summed E-state index contributed by atoms with van der Waals surface area (Å²) in [5.74, 6) is -0.188. The molecule has 0 bridgehead atoms. The average Bonchev–Trinajstić information content (AvgIpc) is 3.05. The highest BCUT2D eigenvalue weighted by atomic mass is 16.7. The second-order valence-corrected chi connectivity index (χ2v) is 7.81. The van der Waals surface area contributed by atoms with Gasteiger partial charge in [0.25, 0.3) is 11.8 Å². The zero-order valence-corrected chi connectivity index (χ0v) is 18.2. The van der Waals surface area contributed by atoms with E-state index in [9.17, 15) is 9.59 Å². The van der Waals surface area contributed by atoms with Crippen molar-refractivity contribution in [2.45, 2.75) is 12.2 Å². The van der Waals surface area contributed by atoms with Crippen LogP contribution in [-0.2, 0) is 14.3 Å². The second kappa shape index (κ2) is 10.0. The minimum absolute atomic E-state index is 0.0655. The predicted octanol–water partition coefficient (Wildman–Crippen LogP) is 2.19. The Kier molecular flexibility index (Phi) is 6.92. The summed E-state index contributed by atoms with van der Waals surface area (Å²) in [5, 5.41) is 0. The first kappa shape index (κ1) is 22.1. The fraction of sp³-hybridized carbons (Fsp3) is 0.417. The molecular weight excluding hydrogens is 412 g/mol. The van der Waals surface area contributed by atoms with E-state index in [0.29, 0.717) is 49.8 Å². The van der Waals surface area contributed by atoms with E-state index in [4.69, 9.17) is 18.9 Å². The third kappa shape index (κ3) is 5.03. The molecule has 0 radical (unpaired) electrons. The van der Waals surface area contributed by atoms with Gasteiger partial charge in [0.05, 0.1) is 39.0 Å². The molecule has 1 unspecified atom stereocenters. The summed E-state index contributed by atoms with van der Waals surface area (Å²) in [6, 6.07) is 16.4. The molecule has 2 amide bonds. The zero-order valence-electron chi connectivity index (χ0n) is 18.2. The molecule has 1 atom stereocenters. The molecule has 8 heteroatoms. The molecule has 2 aromatic carbocycles. The SMILES string of the molecule is COc1ccccc1C(=O)N1CCOC2(CN(C(=O)COc3ccccc3)CCCO2)C1. The van der Waals surface area contributed by atoms with Gasteiger partial charge in [0.1, 0.15) is 11.5 Å². The van der Waals surface area contributed by atoms with E-state index in [2.05, 4.69) is 0 Å². The first-order valence-corrected chi connectivity index (χ1v) is 10.8. The number of methoxy groups -OCH3 is 1. The molecule has 2 aromatic rings. The number of rotatable bonds is 5. The van der Waals surface area contributed by atoms with Gasteiger partial charge in [-0.15, -0.1) is 0 Å². The topological polar surface area (TPSA) is 77.5 Å². The van der Waals surface area contributed by atoms with E-state index < -0.39 is 5.79 Å². The maximum Gasteiger partial charge on any atom is 0.260 e. The van der Waals surface area contributed by atoms with Gasteiger partial charge in [-0.2, -0.15) is 0 Å². The monoisotopic (exact) mass is 440 g/mol. The van der Waals surface area contributed by atoms with Crippen molar-refractivity contribution in [1.82, 2.24) is 9.80 Å². The number of amides is 2. The molecule has 8 nitrogen and oxygen atoms in total. The maximum absolute atomic E-state index is 13.2. The Bertz CT molecular complexity index is 937. The van der Waals surface area contributed by atoms with Gasteiger partial charge >= 0.3 is 0 Å². The Morgan fingerprint density at radius 2 is 1.66 bits per heavy atom. The molecule has 1 spiro atoms. The zero-order chi connectivity index (χ0) is 22.4. The fourth-order valence-electron chi connectivity index (χ4n) is 4.00. The number of carbonyl (C=O) groups is 2. The highest BCUT2D eigenvalue weighted by Crippen LogP contribution is 2.27. The van der Waals surface area contributed by atoms with Crippen molar-refractivity contribution in [3.05, 3.63) is 60.2 Å². The van der Waals surface area contributed by atoms with Crippen molar-refractivity contribution < 1.29 is 28.5 Å². The molecular formula is C24H28N2O6. The van der Waals surface area contributed by atoms with Crippen LogP contribution in [0.1, 0.15) is 16.8 Å². The minimum atomic E-state index is -1.06. The van der Waals surface area contributed by atoms with Crippen LogP contribution in [0.25, 0.3) is 0 Å². The lowest BCUT2D eigenvalue weighted by molar-refractivity contribution is -0.260. The van der Waals surface area contributed by atoms with Crippen LogP contribution in [0.15, 0.2) is 54.6 Å². The Balaban J connectivity index is 1.44. The number of hydrogen-bond acceptors (Lipinski definition) is 6. The highest BCUT2D eigenvalue weighted by molar-refractivity contribution is 5.97.